The number of halogens is 1. The molecule has 21 heavy (non-hydrogen) atoms. The van der Waals surface area contributed by atoms with Gasteiger partial charge in [0.1, 0.15) is 12.4 Å². The van der Waals surface area contributed by atoms with Crippen LogP contribution in [-0.2, 0) is 4.74 Å². The van der Waals surface area contributed by atoms with Gasteiger partial charge in [-0.05, 0) is 39.7 Å². The van der Waals surface area contributed by atoms with Crippen LogP contribution in [0, 0.1) is 0 Å². The van der Waals surface area contributed by atoms with Crippen molar-refractivity contribution in [2.75, 3.05) is 20.3 Å². The highest BCUT2D eigenvalue weighted by molar-refractivity contribution is 9.10. The lowest BCUT2D eigenvalue weighted by atomic mass is 10.0. The minimum atomic E-state index is -0.971. The molecule has 0 aliphatic carbocycles. The molecule has 0 saturated heterocycles. The minimum Gasteiger partial charge on any atom is -0.491 e. The Balaban J connectivity index is 2.37. The molecule has 0 spiro atoms. The van der Waals surface area contributed by atoms with Gasteiger partial charge in [0.05, 0.1) is 12.2 Å². The first kappa shape index (κ1) is 15.5. The Hall–Kier alpha value is -1.85. The molecular weight excluding hydrogens is 336 g/mol. The summed E-state index contributed by atoms with van der Waals surface area (Å²) in [6, 6.07) is 12.7. The first-order valence-electron chi connectivity index (χ1n) is 6.37. The molecule has 0 bridgehead atoms. The van der Waals surface area contributed by atoms with Crippen molar-refractivity contribution in [1.82, 2.24) is 0 Å². The van der Waals surface area contributed by atoms with Gasteiger partial charge in [-0.1, -0.05) is 24.3 Å². The zero-order valence-electron chi connectivity index (χ0n) is 11.5. The molecule has 4 nitrogen and oxygen atoms in total. The summed E-state index contributed by atoms with van der Waals surface area (Å²) in [4.78, 5) is 11.2. The number of hydrogen-bond acceptors (Lipinski definition) is 3. The highest BCUT2D eigenvalue weighted by Gasteiger charge is 2.12. The molecule has 0 aromatic heterocycles. The average molecular weight is 351 g/mol. The molecule has 5 heteroatoms. The van der Waals surface area contributed by atoms with E-state index in [1.54, 1.807) is 19.2 Å². The Kier molecular flexibility index (Phi) is 5.36. The van der Waals surface area contributed by atoms with Crippen LogP contribution in [0.5, 0.6) is 5.75 Å². The van der Waals surface area contributed by atoms with Crippen LogP contribution in [0.25, 0.3) is 11.1 Å². The molecule has 110 valence electrons. The largest absolute Gasteiger partial charge is 0.491 e. The fraction of sp³-hybridized carbons (Fsp3) is 0.188. The van der Waals surface area contributed by atoms with E-state index in [0.29, 0.717) is 23.4 Å². The number of benzene rings is 2. The molecule has 0 radical (unpaired) electrons. The van der Waals surface area contributed by atoms with Crippen LogP contribution in [0.4, 0.5) is 0 Å². The van der Waals surface area contributed by atoms with Gasteiger partial charge in [-0.2, -0.15) is 0 Å². The molecule has 1 N–H and O–H groups in total. The third-order valence-electron chi connectivity index (χ3n) is 2.94. The molecule has 0 saturated carbocycles. The van der Waals surface area contributed by atoms with E-state index in [9.17, 15) is 9.90 Å². The van der Waals surface area contributed by atoms with Crippen LogP contribution < -0.4 is 4.74 Å². The first-order valence-corrected chi connectivity index (χ1v) is 7.16. The molecule has 2 aromatic rings. The number of methoxy groups -OCH3 is 1. The van der Waals surface area contributed by atoms with Gasteiger partial charge in [-0.25, -0.2) is 4.79 Å². The van der Waals surface area contributed by atoms with Gasteiger partial charge in [-0.15, -0.1) is 0 Å². The lowest BCUT2D eigenvalue weighted by molar-refractivity contribution is 0.0696. The number of carboxylic acids is 1. The summed E-state index contributed by atoms with van der Waals surface area (Å²) in [7, 11) is 1.61. The van der Waals surface area contributed by atoms with Crippen molar-refractivity contribution < 1.29 is 19.4 Å². The van der Waals surface area contributed by atoms with Crippen LogP contribution in [0.3, 0.4) is 0 Å². The monoisotopic (exact) mass is 350 g/mol. The van der Waals surface area contributed by atoms with Crippen molar-refractivity contribution in [1.29, 1.82) is 0 Å². The van der Waals surface area contributed by atoms with E-state index in [1.807, 2.05) is 30.3 Å². The second kappa shape index (κ2) is 7.24. The van der Waals surface area contributed by atoms with Gasteiger partial charge in [0, 0.05) is 17.1 Å². The van der Waals surface area contributed by atoms with Crippen LogP contribution >= 0.6 is 15.9 Å². The summed E-state index contributed by atoms with van der Waals surface area (Å²) < 4.78 is 11.2. The molecule has 2 rings (SSSR count). The van der Waals surface area contributed by atoms with Crippen molar-refractivity contribution in [2.24, 2.45) is 0 Å². The fourth-order valence-electron chi connectivity index (χ4n) is 1.92. The number of rotatable bonds is 6. The lowest BCUT2D eigenvalue weighted by Crippen LogP contribution is -2.05. The number of carbonyl (C=O) groups is 1. The summed E-state index contributed by atoms with van der Waals surface area (Å²) in [6.45, 7) is 0.935. The highest BCUT2D eigenvalue weighted by atomic mass is 79.9. The van der Waals surface area contributed by atoms with E-state index >= 15 is 0 Å². The number of carboxylic acid groups (broad SMARTS) is 1. The van der Waals surface area contributed by atoms with E-state index in [-0.39, 0.29) is 5.56 Å². The minimum absolute atomic E-state index is 0.221. The van der Waals surface area contributed by atoms with E-state index in [0.717, 1.165) is 11.1 Å². The van der Waals surface area contributed by atoms with Gasteiger partial charge >= 0.3 is 5.97 Å². The molecular formula is C16H15BrO4. The molecule has 0 unspecified atom stereocenters. The Morgan fingerprint density at radius 2 is 1.95 bits per heavy atom. The molecule has 0 atom stereocenters. The van der Waals surface area contributed by atoms with Crippen molar-refractivity contribution in [3.63, 3.8) is 0 Å². The van der Waals surface area contributed by atoms with E-state index in [2.05, 4.69) is 15.9 Å². The SMILES string of the molecule is COCCOc1ccccc1-c1ccc(Br)c(C(=O)O)c1. The normalized spacial score (nSPS) is 10.4. The van der Waals surface area contributed by atoms with E-state index in [4.69, 9.17) is 9.47 Å². The molecule has 0 amide bonds. The number of ether oxygens (including phenoxy) is 2. The second-order valence-corrected chi connectivity index (χ2v) is 5.19. The second-order valence-electron chi connectivity index (χ2n) is 4.34. The number of aromatic carboxylic acids is 1. The summed E-state index contributed by atoms with van der Waals surface area (Å²) in [5.41, 5.74) is 1.87. The first-order chi connectivity index (χ1) is 10.1. The lowest BCUT2D eigenvalue weighted by Gasteiger charge is -2.12. The molecule has 0 aliphatic heterocycles. The van der Waals surface area contributed by atoms with Crippen LogP contribution in [0.15, 0.2) is 46.9 Å². The van der Waals surface area contributed by atoms with Gasteiger partial charge in [0.2, 0.25) is 0 Å². The molecule has 0 heterocycles. The number of hydrogen-bond donors (Lipinski definition) is 1. The molecule has 0 fully saturated rings. The Bertz CT molecular complexity index is 640. The Morgan fingerprint density at radius 1 is 1.19 bits per heavy atom. The smallest absolute Gasteiger partial charge is 0.336 e. The van der Waals surface area contributed by atoms with Crippen LogP contribution in [0.2, 0.25) is 0 Å². The van der Waals surface area contributed by atoms with Crippen molar-refractivity contribution >= 4 is 21.9 Å². The quantitative estimate of drug-likeness (QED) is 0.804. The van der Waals surface area contributed by atoms with Crippen LogP contribution in [-0.4, -0.2) is 31.4 Å². The fourth-order valence-corrected chi connectivity index (χ4v) is 2.34. The van der Waals surface area contributed by atoms with Gasteiger partial charge in [0.15, 0.2) is 0 Å². The Labute approximate surface area is 131 Å². The van der Waals surface area contributed by atoms with Gasteiger partial charge < -0.3 is 14.6 Å². The van der Waals surface area contributed by atoms with Gasteiger partial charge in [0.25, 0.3) is 0 Å². The van der Waals surface area contributed by atoms with E-state index < -0.39 is 5.97 Å². The predicted octanol–water partition coefficient (Wildman–Crippen LogP) is 3.84. The standard InChI is InChI=1S/C16H15BrO4/c1-20-8-9-21-15-5-3-2-4-12(15)11-6-7-14(17)13(10-11)16(18)19/h2-7,10H,8-9H2,1H3,(H,18,19). The third-order valence-corrected chi connectivity index (χ3v) is 3.63. The summed E-state index contributed by atoms with van der Waals surface area (Å²) in [5, 5.41) is 9.20. The van der Waals surface area contributed by atoms with E-state index in [1.165, 1.54) is 0 Å². The summed E-state index contributed by atoms with van der Waals surface area (Å²) in [6.07, 6.45) is 0. The van der Waals surface area contributed by atoms with Crippen molar-refractivity contribution in [3.05, 3.63) is 52.5 Å². The summed E-state index contributed by atoms with van der Waals surface area (Å²) >= 11 is 3.24. The molecule has 0 aliphatic rings. The van der Waals surface area contributed by atoms with Crippen molar-refractivity contribution in [2.45, 2.75) is 0 Å². The maximum Gasteiger partial charge on any atom is 0.336 e. The molecule has 2 aromatic carbocycles. The number of para-hydroxylation sites is 1. The average Bonchev–Trinajstić information content (AvgIpc) is 2.48. The topological polar surface area (TPSA) is 55.8 Å². The van der Waals surface area contributed by atoms with Crippen LogP contribution in [0.1, 0.15) is 10.4 Å². The zero-order chi connectivity index (χ0) is 15.2. The summed E-state index contributed by atoms with van der Waals surface area (Å²) in [5.74, 6) is -0.269. The predicted molar refractivity (Wildman–Crippen MR) is 83.9 cm³/mol. The van der Waals surface area contributed by atoms with Crippen molar-refractivity contribution in [3.8, 4) is 16.9 Å². The van der Waals surface area contributed by atoms with Gasteiger partial charge in [-0.3, -0.25) is 0 Å². The maximum absolute atomic E-state index is 11.2. The Morgan fingerprint density at radius 3 is 2.67 bits per heavy atom. The highest BCUT2D eigenvalue weighted by Crippen LogP contribution is 2.32. The zero-order valence-corrected chi connectivity index (χ0v) is 13.1. The maximum atomic E-state index is 11.2. The third kappa shape index (κ3) is 3.83.